The molecule has 0 amide bonds. The Labute approximate surface area is 181 Å². The summed E-state index contributed by atoms with van der Waals surface area (Å²) in [5.41, 5.74) is 4.19. The Balaban J connectivity index is 1.62. The smallest absolute Gasteiger partial charge is 0.315 e. The van der Waals surface area contributed by atoms with Crippen molar-refractivity contribution < 1.29 is 14.3 Å². The molecule has 154 valence electrons. The fourth-order valence-electron chi connectivity index (χ4n) is 4.35. The van der Waals surface area contributed by atoms with Gasteiger partial charge in [0.05, 0.1) is 6.61 Å². The van der Waals surface area contributed by atoms with Crippen LogP contribution in [-0.4, -0.2) is 24.1 Å². The van der Waals surface area contributed by atoms with Crippen molar-refractivity contribution in [2.75, 3.05) is 6.61 Å². The number of hydrogen-bond donors (Lipinski definition) is 0. The molecule has 1 aliphatic heterocycles. The maximum Gasteiger partial charge on any atom is 0.315 e. The molecule has 4 rings (SSSR count). The van der Waals surface area contributed by atoms with Crippen LogP contribution in [0.25, 0.3) is 0 Å². The summed E-state index contributed by atoms with van der Waals surface area (Å²) in [4.78, 5) is 30.7. The van der Waals surface area contributed by atoms with Crippen molar-refractivity contribution in [2.45, 2.75) is 38.5 Å². The van der Waals surface area contributed by atoms with E-state index in [4.69, 9.17) is 16.3 Å². The normalized spacial score (nSPS) is 21.1. The third kappa shape index (κ3) is 4.24. The molecule has 1 unspecified atom stereocenters. The summed E-state index contributed by atoms with van der Waals surface area (Å²) in [7, 11) is 0. The SMILES string of the molecule is CC1=NC2=C(C(=O)CCC2)[C@@H](c2ccc(Cl)cc2)C1C(=O)OCCc1ccccc1. The molecule has 30 heavy (non-hydrogen) atoms. The zero-order chi connectivity index (χ0) is 21.1. The number of Topliss-reactive ketones (excluding diaryl/α,β-unsaturated/α-hetero) is 1. The highest BCUT2D eigenvalue weighted by Crippen LogP contribution is 2.43. The number of halogens is 1. The van der Waals surface area contributed by atoms with Crippen LogP contribution in [0.2, 0.25) is 5.02 Å². The zero-order valence-electron chi connectivity index (χ0n) is 16.9. The Hall–Kier alpha value is -2.72. The van der Waals surface area contributed by atoms with Gasteiger partial charge in [-0.05, 0) is 43.0 Å². The van der Waals surface area contributed by atoms with E-state index in [1.165, 1.54) is 0 Å². The number of esters is 1. The molecule has 1 aliphatic carbocycles. The summed E-state index contributed by atoms with van der Waals surface area (Å²) >= 11 is 6.08. The lowest BCUT2D eigenvalue weighted by molar-refractivity contribution is -0.146. The second-order valence-electron chi connectivity index (χ2n) is 7.80. The zero-order valence-corrected chi connectivity index (χ0v) is 17.7. The molecular formula is C25H24ClNO3. The highest BCUT2D eigenvalue weighted by molar-refractivity contribution is 6.30. The molecule has 5 heteroatoms. The molecule has 0 bridgehead atoms. The Morgan fingerprint density at radius 2 is 1.83 bits per heavy atom. The van der Waals surface area contributed by atoms with E-state index in [9.17, 15) is 9.59 Å². The summed E-state index contributed by atoms with van der Waals surface area (Å²) in [6.45, 7) is 2.15. The van der Waals surface area contributed by atoms with Crippen molar-refractivity contribution in [1.29, 1.82) is 0 Å². The molecule has 0 spiro atoms. The predicted molar refractivity (Wildman–Crippen MR) is 118 cm³/mol. The number of ketones is 1. The van der Waals surface area contributed by atoms with E-state index in [0.717, 1.165) is 29.7 Å². The second kappa shape index (κ2) is 8.97. The van der Waals surface area contributed by atoms with Gasteiger partial charge in [0.1, 0.15) is 5.92 Å². The minimum Gasteiger partial charge on any atom is -0.465 e. The second-order valence-corrected chi connectivity index (χ2v) is 8.24. The summed E-state index contributed by atoms with van der Waals surface area (Å²) in [6.07, 6.45) is 2.70. The molecule has 0 aromatic heterocycles. The van der Waals surface area contributed by atoms with E-state index >= 15 is 0 Å². The van der Waals surface area contributed by atoms with Crippen LogP contribution in [0.1, 0.15) is 43.2 Å². The number of ether oxygens (including phenoxy) is 1. The van der Waals surface area contributed by atoms with Gasteiger partial charge in [0.25, 0.3) is 0 Å². The number of hydrogen-bond acceptors (Lipinski definition) is 4. The number of carbonyl (C=O) groups is 2. The fraction of sp³-hybridized carbons (Fsp3) is 0.320. The van der Waals surface area contributed by atoms with Crippen LogP contribution in [-0.2, 0) is 20.7 Å². The van der Waals surface area contributed by atoms with Crippen LogP contribution in [0.15, 0.2) is 70.9 Å². The van der Waals surface area contributed by atoms with Gasteiger partial charge in [-0.1, -0.05) is 54.1 Å². The molecule has 2 aliphatic rings. The Morgan fingerprint density at radius 3 is 2.57 bits per heavy atom. The van der Waals surface area contributed by atoms with E-state index in [2.05, 4.69) is 4.99 Å². The van der Waals surface area contributed by atoms with Gasteiger partial charge in [-0.25, -0.2) is 0 Å². The first kappa shape index (κ1) is 20.5. The van der Waals surface area contributed by atoms with Gasteiger partial charge in [-0.2, -0.15) is 0 Å². The standard InChI is InChI=1S/C25H24ClNO3/c1-16-22(25(29)30-15-14-17-6-3-2-4-7-17)23(18-10-12-19(26)13-11-18)24-20(27-16)8-5-9-21(24)28/h2-4,6-7,10-13,22-23H,5,8-9,14-15H2,1H3/t22?,23-/m0/s1. The van der Waals surface area contributed by atoms with E-state index in [0.29, 0.717) is 35.8 Å². The molecule has 2 aromatic rings. The fourth-order valence-corrected chi connectivity index (χ4v) is 4.47. The lowest BCUT2D eigenvalue weighted by Gasteiger charge is -2.34. The average Bonchev–Trinajstić information content (AvgIpc) is 2.74. The number of nitrogens with zero attached hydrogens (tertiary/aromatic N) is 1. The summed E-state index contributed by atoms with van der Waals surface area (Å²) in [5, 5.41) is 0.617. The first-order valence-electron chi connectivity index (χ1n) is 10.3. The van der Waals surface area contributed by atoms with Gasteiger partial charge >= 0.3 is 5.97 Å². The van der Waals surface area contributed by atoms with Gasteiger partial charge in [-0.3, -0.25) is 14.6 Å². The van der Waals surface area contributed by atoms with Gasteiger partial charge in [0.15, 0.2) is 5.78 Å². The summed E-state index contributed by atoms with van der Waals surface area (Å²) in [5.74, 6) is -1.25. The Bertz CT molecular complexity index is 1010. The monoisotopic (exact) mass is 421 g/mol. The number of benzene rings is 2. The van der Waals surface area contributed by atoms with Crippen LogP contribution >= 0.6 is 11.6 Å². The van der Waals surface area contributed by atoms with Gasteiger partial charge in [-0.15, -0.1) is 0 Å². The largest absolute Gasteiger partial charge is 0.465 e. The van der Waals surface area contributed by atoms with Crippen molar-refractivity contribution in [3.8, 4) is 0 Å². The third-order valence-corrected chi connectivity index (χ3v) is 6.05. The maximum absolute atomic E-state index is 13.2. The molecule has 0 radical (unpaired) electrons. The maximum atomic E-state index is 13.2. The number of carbonyl (C=O) groups excluding carboxylic acids is 2. The molecule has 0 saturated heterocycles. The van der Waals surface area contributed by atoms with Crippen LogP contribution in [0, 0.1) is 5.92 Å². The van der Waals surface area contributed by atoms with Crippen molar-refractivity contribution in [1.82, 2.24) is 0 Å². The first-order valence-corrected chi connectivity index (χ1v) is 10.7. The highest BCUT2D eigenvalue weighted by Gasteiger charge is 2.43. The van der Waals surface area contributed by atoms with Crippen molar-refractivity contribution in [3.63, 3.8) is 0 Å². The van der Waals surface area contributed by atoms with E-state index in [1.54, 1.807) is 12.1 Å². The third-order valence-electron chi connectivity index (χ3n) is 5.80. The van der Waals surface area contributed by atoms with Crippen LogP contribution < -0.4 is 0 Å². The molecule has 0 N–H and O–H groups in total. The topological polar surface area (TPSA) is 55.7 Å². The van der Waals surface area contributed by atoms with Gasteiger partial charge in [0, 0.05) is 40.8 Å². The molecule has 1 heterocycles. The predicted octanol–water partition coefficient (Wildman–Crippen LogP) is 5.31. The average molecular weight is 422 g/mol. The quantitative estimate of drug-likeness (QED) is 0.615. The number of aliphatic imine (C=N–C) groups is 1. The summed E-state index contributed by atoms with van der Waals surface area (Å²) in [6, 6.07) is 17.3. The van der Waals surface area contributed by atoms with Crippen molar-refractivity contribution in [2.24, 2.45) is 10.9 Å². The van der Waals surface area contributed by atoms with E-state index in [-0.39, 0.29) is 17.7 Å². The molecule has 2 aromatic carbocycles. The lowest BCUT2D eigenvalue weighted by atomic mass is 9.72. The molecule has 0 fully saturated rings. The molecule has 4 nitrogen and oxygen atoms in total. The number of rotatable bonds is 5. The van der Waals surface area contributed by atoms with Crippen LogP contribution in [0.3, 0.4) is 0 Å². The Morgan fingerprint density at radius 1 is 1.10 bits per heavy atom. The molecular weight excluding hydrogens is 398 g/mol. The minimum atomic E-state index is -0.609. The van der Waals surface area contributed by atoms with Crippen LogP contribution in [0.4, 0.5) is 0 Å². The Kier molecular flexibility index (Phi) is 6.14. The van der Waals surface area contributed by atoms with E-state index < -0.39 is 5.92 Å². The van der Waals surface area contributed by atoms with Crippen LogP contribution in [0.5, 0.6) is 0 Å². The van der Waals surface area contributed by atoms with Crippen molar-refractivity contribution >= 4 is 29.1 Å². The lowest BCUT2D eigenvalue weighted by Crippen LogP contribution is -2.37. The number of allylic oxidation sites excluding steroid dienone is 2. The summed E-state index contributed by atoms with van der Waals surface area (Å²) < 4.78 is 5.67. The van der Waals surface area contributed by atoms with E-state index in [1.807, 2.05) is 49.4 Å². The highest BCUT2D eigenvalue weighted by atomic mass is 35.5. The molecule has 2 atom stereocenters. The van der Waals surface area contributed by atoms with Gasteiger partial charge in [0.2, 0.25) is 0 Å². The minimum absolute atomic E-state index is 0.0783. The van der Waals surface area contributed by atoms with Crippen molar-refractivity contribution in [3.05, 3.63) is 82.0 Å². The van der Waals surface area contributed by atoms with Gasteiger partial charge < -0.3 is 4.74 Å². The first-order chi connectivity index (χ1) is 14.5. The molecule has 0 saturated carbocycles.